The van der Waals surface area contributed by atoms with Crippen molar-refractivity contribution >= 4 is 0 Å². The molecule has 1 aromatic carbocycles. The van der Waals surface area contributed by atoms with Gasteiger partial charge in [0.05, 0.1) is 0 Å². The van der Waals surface area contributed by atoms with Crippen LogP contribution in [0.15, 0.2) is 12.1 Å². The molecule has 0 aliphatic carbocycles. The summed E-state index contributed by atoms with van der Waals surface area (Å²) in [6, 6.07) is 4.09. The Morgan fingerprint density at radius 1 is 1.36 bits per heavy atom. The van der Waals surface area contributed by atoms with E-state index in [0.29, 0.717) is 0 Å². The molecule has 0 bridgehead atoms. The van der Waals surface area contributed by atoms with Gasteiger partial charge in [-0.2, -0.15) is 0 Å². The van der Waals surface area contributed by atoms with Crippen molar-refractivity contribution in [2.45, 2.75) is 32.7 Å². The minimum absolute atomic E-state index is 0.0324. The smallest absolute Gasteiger partial charge is 0.130 e. The van der Waals surface area contributed by atoms with E-state index < -0.39 is 0 Å². The third-order valence-electron chi connectivity index (χ3n) is 2.86. The lowest BCUT2D eigenvalue weighted by atomic mass is 9.99. The standard InChI is InChI=1S/C12H16FN/c1-8-6-9(2)12(13)10(7-8)11-4-3-5-14-11/h6-7,11,14H,3-5H2,1-2H3. The fraction of sp³-hybridized carbons (Fsp3) is 0.500. The van der Waals surface area contributed by atoms with Gasteiger partial charge in [0.25, 0.3) is 0 Å². The SMILES string of the molecule is Cc1cc(C)c(F)c(C2CCCN2)c1. The summed E-state index contributed by atoms with van der Waals surface area (Å²) in [5.74, 6) is -0.0324. The number of rotatable bonds is 1. The van der Waals surface area contributed by atoms with E-state index >= 15 is 0 Å². The number of halogens is 1. The van der Waals surface area contributed by atoms with Crippen molar-refractivity contribution in [3.8, 4) is 0 Å². The van der Waals surface area contributed by atoms with Crippen molar-refractivity contribution in [3.05, 3.63) is 34.6 Å². The summed E-state index contributed by atoms with van der Waals surface area (Å²) in [4.78, 5) is 0. The molecule has 0 saturated carbocycles. The second kappa shape index (κ2) is 3.70. The van der Waals surface area contributed by atoms with Gasteiger partial charge < -0.3 is 5.32 Å². The molecule has 2 rings (SSSR count). The summed E-state index contributed by atoms with van der Waals surface area (Å²) in [6.45, 7) is 4.86. The summed E-state index contributed by atoms with van der Waals surface area (Å²) in [5, 5.41) is 3.33. The van der Waals surface area contributed by atoms with Gasteiger partial charge in [-0.25, -0.2) is 4.39 Å². The number of aryl methyl sites for hydroxylation is 2. The van der Waals surface area contributed by atoms with Gasteiger partial charge in [-0.1, -0.05) is 17.7 Å². The molecule has 1 aliphatic rings. The largest absolute Gasteiger partial charge is 0.310 e. The highest BCUT2D eigenvalue weighted by Gasteiger charge is 2.20. The maximum atomic E-state index is 13.8. The van der Waals surface area contributed by atoms with Gasteiger partial charge in [-0.3, -0.25) is 0 Å². The highest BCUT2D eigenvalue weighted by molar-refractivity contribution is 5.33. The molecular formula is C12H16FN. The van der Waals surface area contributed by atoms with Gasteiger partial charge in [0.2, 0.25) is 0 Å². The zero-order valence-corrected chi connectivity index (χ0v) is 8.73. The highest BCUT2D eigenvalue weighted by Crippen LogP contribution is 2.27. The minimum atomic E-state index is -0.0324. The van der Waals surface area contributed by atoms with E-state index in [-0.39, 0.29) is 11.9 Å². The number of hydrogen-bond acceptors (Lipinski definition) is 1. The van der Waals surface area contributed by atoms with Crippen molar-refractivity contribution in [3.63, 3.8) is 0 Å². The zero-order chi connectivity index (χ0) is 10.1. The van der Waals surface area contributed by atoms with Crippen LogP contribution in [0, 0.1) is 19.7 Å². The molecule has 2 heteroatoms. The van der Waals surface area contributed by atoms with Crippen LogP contribution in [0.25, 0.3) is 0 Å². The van der Waals surface area contributed by atoms with Crippen molar-refractivity contribution < 1.29 is 4.39 Å². The Kier molecular flexibility index (Phi) is 2.55. The first-order valence-corrected chi connectivity index (χ1v) is 5.18. The van der Waals surface area contributed by atoms with E-state index in [1.807, 2.05) is 26.0 Å². The molecule has 0 spiro atoms. The predicted octanol–water partition coefficient (Wildman–Crippen LogP) is 2.87. The lowest BCUT2D eigenvalue weighted by Gasteiger charge is -2.14. The summed E-state index contributed by atoms with van der Waals surface area (Å²) in [7, 11) is 0. The van der Waals surface area contributed by atoms with E-state index in [1.165, 1.54) is 0 Å². The first kappa shape index (κ1) is 9.66. The van der Waals surface area contributed by atoms with E-state index in [9.17, 15) is 4.39 Å². The number of hydrogen-bond donors (Lipinski definition) is 1. The topological polar surface area (TPSA) is 12.0 Å². The lowest BCUT2D eigenvalue weighted by molar-refractivity contribution is 0.552. The predicted molar refractivity (Wildman–Crippen MR) is 55.9 cm³/mol. The highest BCUT2D eigenvalue weighted by atomic mass is 19.1. The first-order chi connectivity index (χ1) is 6.68. The Bertz CT molecular complexity index is 340. The number of nitrogens with one attached hydrogen (secondary N) is 1. The third kappa shape index (κ3) is 1.67. The van der Waals surface area contributed by atoms with E-state index in [0.717, 1.165) is 36.1 Å². The first-order valence-electron chi connectivity index (χ1n) is 5.18. The normalized spacial score (nSPS) is 21.5. The van der Waals surface area contributed by atoms with Gasteiger partial charge in [0.15, 0.2) is 0 Å². The molecular weight excluding hydrogens is 177 g/mol. The zero-order valence-electron chi connectivity index (χ0n) is 8.73. The second-order valence-electron chi connectivity index (χ2n) is 4.13. The molecule has 1 atom stereocenters. The summed E-state index contributed by atoms with van der Waals surface area (Å²) < 4.78 is 13.8. The van der Waals surface area contributed by atoms with Crippen LogP contribution < -0.4 is 5.32 Å². The molecule has 1 unspecified atom stereocenters. The van der Waals surface area contributed by atoms with Crippen molar-refractivity contribution in [1.29, 1.82) is 0 Å². The van der Waals surface area contributed by atoms with Crippen LogP contribution in [0.1, 0.15) is 35.6 Å². The number of benzene rings is 1. The van der Waals surface area contributed by atoms with Crippen LogP contribution in [-0.2, 0) is 0 Å². The van der Waals surface area contributed by atoms with Crippen LogP contribution in [-0.4, -0.2) is 6.54 Å². The maximum Gasteiger partial charge on any atom is 0.130 e. The minimum Gasteiger partial charge on any atom is -0.310 e. The molecule has 1 heterocycles. The van der Waals surface area contributed by atoms with Gasteiger partial charge >= 0.3 is 0 Å². The molecule has 1 fully saturated rings. The van der Waals surface area contributed by atoms with Crippen molar-refractivity contribution in [2.75, 3.05) is 6.54 Å². The quantitative estimate of drug-likeness (QED) is 0.723. The molecule has 1 aliphatic heterocycles. The van der Waals surface area contributed by atoms with Crippen molar-refractivity contribution in [1.82, 2.24) is 5.32 Å². The molecule has 1 nitrogen and oxygen atoms in total. The molecule has 76 valence electrons. The van der Waals surface area contributed by atoms with Crippen LogP contribution >= 0.6 is 0 Å². The Labute approximate surface area is 84.3 Å². The van der Waals surface area contributed by atoms with Crippen molar-refractivity contribution in [2.24, 2.45) is 0 Å². The molecule has 0 amide bonds. The summed E-state index contributed by atoms with van der Waals surface area (Å²) >= 11 is 0. The molecule has 14 heavy (non-hydrogen) atoms. The van der Waals surface area contributed by atoms with Crippen LogP contribution in [0.5, 0.6) is 0 Å². The average Bonchev–Trinajstić information content (AvgIpc) is 2.63. The monoisotopic (exact) mass is 193 g/mol. The van der Waals surface area contributed by atoms with Crippen LogP contribution in [0.3, 0.4) is 0 Å². The van der Waals surface area contributed by atoms with Crippen LogP contribution in [0.2, 0.25) is 0 Å². The average molecular weight is 193 g/mol. The summed E-state index contributed by atoms with van der Waals surface area (Å²) in [5.41, 5.74) is 2.75. The maximum absolute atomic E-state index is 13.8. The molecule has 1 aromatic rings. The Morgan fingerprint density at radius 2 is 2.14 bits per heavy atom. The van der Waals surface area contributed by atoms with Crippen LogP contribution in [0.4, 0.5) is 4.39 Å². The molecule has 0 aromatic heterocycles. The van der Waals surface area contributed by atoms with E-state index in [1.54, 1.807) is 0 Å². The van der Waals surface area contributed by atoms with Gasteiger partial charge in [-0.05, 0) is 38.8 Å². The van der Waals surface area contributed by atoms with E-state index in [2.05, 4.69) is 5.32 Å². The lowest BCUT2D eigenvalue weighted by Crippen LogP contribution is -2.15. The second-order valence-corrected chi connectivity index (χ2v) is 4.13. The fourth-order valence-electron chi connectivity index (χ4n) is 2.19. The third-order valence-corrected chi connectivity index (χ3v) is 2.86. The molecule has 1 saturated heterocycles. The Morgan fingerprint density at radius 3 is 2.79 bits per heavy atom. The van der Waals surface area contributed by atoms with E-state index in [4.69, 9.17) is 0 Å². The Hall–Kier alpha value is -0.890. The van der Waals surface area contributed by atoms with Gasteiger partial charge in [0, 0.05) is 11.6 Å². The Balaban J connectivity index is 2.40. The molecule has 1 N–H and O–H groups in total. The van der Waals surface area contributed by atoms with Gasteiger partial charge in [-0.15, -0.1) is 0 Å². The summed E-state index contributed by atoms with van der Waals surface area (Å²) in [6.07, 6.45) is 2.21. The molecule has 0 radical (unpaired) electrons. The fourth-order valence-corrected chi connectivity index (χ4v) is 2.19. The van der Waals surface area contributed by atoms with Gasteiger partial charge in [0.1, 0.15) is 5.82 Å².